The summed E-state index contributed by atoms with van der Waals surface area (Å²) in [5, 5.41) is 0.794. The zero-order valence-corrected chi connectivity index (χ0v) is 15.0. The Bertz CT molecular complexity index is 608. The van der Waals surface area contributed by atoms with Gasteiger partial charge >= 0.3 is 0 Å². The highest BCUT2D eigenvalue weighted by molar-refractivity contribution is 8.18. The van der Waals surface area contributed by atoms with Crippen molar-refractivity contribution in [3.63, 3.8) is 0 Å². The molecule has 1 saturated heterocycles. The molecule has 5 heteroatoms. The molecule has 2 rings (SSSR count). The summed E-state index contributed by atoms with van der Waals surface area (Å²) in [5.74, 6) is 0.889. The average molecular weight is 332 g/mol. The maximum atomic E-state index is 12.4. The Labute approximate surface area is 142 Å². The third kappa shape index (κ3) is 4.38. The van der Waals surface area contributed by atoms with Gasteiger partial charge in [-0.15, -0.1) is 0 Å². The monoisotopic (exact) mass is 332 g/mol. The van der Waals surface area contributed by atoms with Crippen LogP contribution in [0.15, 0.2) is 34.2 Å². The SMILES string of the molecule is CCN=C1S/C(=C/c2ccc(O[C@H](C)CC)cc2)C(=O)N1CC. The maximum Gasteiger partial charge on any atom is 0.266 e. The van der Waals surface area contributed by atoms with Gasteiger partial charge in [-0.3, -0.25) is 14.7 Å². The zero-order chi connectivity index (χ0) is 16.8. The molecule has 1 aliphatic rings. The second kappa shape index (κ2) is 8.20. The molecule has 1 aliphatic heterocycles. The van der Waals surface area contributed by atoms with Crippen molar-refractivity contribution in [2.24, 2.45) is 4.99 Å². The van der Waals surface area contributed by atoms with E-state index < -0.39 is 0 Å². The van der Waals surface area contributed by atoms with Gasteiger partial charge in [-0.2, -0.15) is 0 Å². The fourth-order valence-corrected chi connectivity index (χ4v) is 3.25. The molecule has 1 aromatic carbocycles. The second-order valence-corrected chi connectivity index (χ2v) is 6.33. The molecule has 23 heavy (non-hydrogen) atoms. The number of nitrogens with zero attached hydrogens (tertiary/aromatic N) is 2. The van der Waals surface area contributed by atoms with Gasteiger partial charge in [-0.05, 0) is 62.7 Å². The molecular formula is C18H24N2O2S. The lowest BCUT2D eigenvalue weighted by atomic mass is 10.2. The van der Waals surface area contributed by atoms with Crippen molar-refractivity contribution in [2.45, 2.75) is 40.2 Å². The van der Waals surface area contributed by atoms with Crippen molar-refractivity contribution in [1.29, 1.82) is 0 Å². The number of ether oxygens (including phenoxy) is 1. The Morgan fingerprint density at radius 1 is 1.26 bits per heavy atom. The van der Waals surface area contributed by atoms with E-state index in [0.29, 0.717) is 13.1 Å². The molecule has 0 aromatic heterocycles. The van der Waals surface area contributed by atoms with Gasteiger partial charge in [0.05, 0.1) is 11.0 Å². The lowest BCUT2D eigenvalue weighted by molar-refractivity contribution is -0.122. The van der Waals surface area contributed by atoms with Gasteiger partial charge in [-0.1, -0.05) is 19.1 Å². The minimum Gasteiger partial charge on any atom is -0.491 e. The van der Waals surface area contributed by atoms with Crippen molar-refractivity contribution < 1.29 is 9.53 Å². The van der Waals surface area contributed by atoms with Crippen LogP contribution in [0.25, 0.3) is 6.08 Å². The van der Waals surface area contributed by atoms with Crippen molar-refractivity contribution in [2.75, 3.05) is 13.1 Å². The first-order chi connectivity index (χ1) is 11.1. The van der Waals surface area contributed by atoms with Crippen LogP contribution in [0.2, 0.25) is 0 Å². The highest BCUT2D eigenvalue weighted by atomic mass is 32.2. The van der Waals surface area contributed by atoms with Crippen LogP contribution in [0, 0.1) is 0 Å². The molecule has 124 valence electrons. The van der Waals surface area contributed by atoms with E-state index in [0.717, 1.165) is 27.8 Å². The number of amidine groups is 1. The van der Waals surface area contributed by atoms with E-state index in [1.165, 1.54) is 11.8 Å². The average Bonchev–Trinajstić information content (AvgIpc) is 2.84. The minimum atomic E-state index is 0.0321. The van der Waals surface area contributed by atoms with Crippen LogP contribution in [-0.2, 0) is 4.79 Å². The molecule has 1 amide bonds. The fraction of sp³-hybridized carbons (Fsp3) is 0.444. The number of carbonyl (C=O) groups is 1. The first kappa shape index (κ1) is 17.6. The van der Waals surface area contributed by atoms with Crippen LogP contribution >= 0.6 is 11.8 Å². The van der Waals surface area contributed by atoms with Gasteiger partial charge in [0.15, 0.2) is 5.17 Å². The highest BCUT2D eigenvalue weighted by Crippen LogP contribution is 2.32. The summed E-state index contributed by atoms with van der Waals surface area (Å²) in [6, 6.07) is 7.84. The van der Waals surface area contributed by atoms with Crippen LogP contribution in [-0.4, -0.2) is 35.2 Å². The largest absolute Gasteiger partial charge is 0.491 e. The van der Waals surface area contributed by atoms with Gasteiger partial charge in [0.1, 0.15) is 5.75 Å². The molecule has 1 fully saturated rings. The Balaban J connectivity index is 2.15. The van der Waals surface area contributed by atoms with Crippen LogP contribution in [0.1, 0.15) is 39.7 Å². The van der Waals surface area contributed by atoms with Crippen LogP contribution < -0.4 is 4.74 Å². The van der Waals surface area contributed by atoms with Crippen LogP contribution in [0.5, 0.6) is 5.75 Å². The van der Waals surface area contributed by atoms with Crippen LogP contribution in [0.4, 0.5) is 0 Å². The molecule has 0 N–H and O–H groups in total. The van der Waals surface area contributed by atoms with Crippen LogP contribution in [0.3, 0.4) is 0 Å². The molecule has 0 saturated carbocycles. The van der Waals surface area contributed by atoms with E-state index in [1.807, 2.05) is 44.2 Å². The van der Waals surface area contributed by atoms with E-state index in [2.05, 4.69) is 18.8 Å². The number of aliphatic imine (C=N–C) groups is 1. The molecule has 1 aromatic rings. The van der Waals surface area contributed by atoms with Gasteiger partial charge in [0, 0.05) is 13.1 Å². The molecule has 1 atom stereocenters. The predicted molar refractivity (Wildman–Crippen MR) is 97.8 cm³/mol. The second-order valence-electron chi connectivity index (χ2n) is 5.32. The Morgan fingerprint density at radius 3 is 2.52 bits per heavy atom. The number of likely N-dealkylation sites (N-methyl/N-ethyl adjacent to an activating group) is 1. The lowest BCUT2D eigenvalue weighted by Crippen LogP contribution is -2.28. The van der Waals surface area contributed by atoms with Gasteiger partial charge < -0.3 is 4.74 Å². The summed E-state index contributed by atoms with van der Waals surface area (Å²) in [6.07, 6.45) is 3.10. The van der Waals surface area contributed by atoms with Gasteiger partial charge in [0.2, 0.25) is 0 Å². The molecule has 0 unspecified atom stereocenters. The molecular weight excluding hydrogens is 308 g/mol. The van der Waals surface area contributed by atoms with E-state index in [9.17, 15) is 4.79 Å². The Morgan fingerprint density at radius 2 is 1.96 bits per heavy atom. The summed E-state index contributed by atoms with van der Waals surface area (Å²) in [6.45, 7) is 9.42. The first-order valence-electron chi connectivity index (χ1n) is 8.11. The standard InChI is InChI=1S/C18H24N2O2S/c1-5-13(4)22-15-10-8-14(9-11-15)12-16-17(21)20(7-3)18(23-16)19-6-2/h8-13H,5-7H2,1-4H3/b16-12+,19-18?/t13-/m1/s1. The lowest BCUT2D eigenvalue weighted by Gasteiger charge is -2.12. The van der Waals surface area contributed by atoms with E-state index in [1.54, 1.807) is 4.90 Å². The third-order valence-electron chi connectivity index (χ3n) is 3.59. The van der Waals surface area contributed by atoms with Crippen molar-refractivity contribution in [3.05, 3.63) is 34.7 Å². The van der Waals surface area contributed by atoms with Crippen molar-refractivity contribution in [3.8, 4) is 5.75 Å². The van der Waals surface area contributed by atoms with E-state index in [4.69, 9.17) is 4.74 Å². The maximum absolute atomic E-state index is 12.4. The first-order valence-corrected chi connectivity index (χ1v) is 8.93. The smallest absolute Gasteiger partial charge is 0.266 e. The topological polar surface area (TPSA) is 41.9 Å². The number of hydrogen-bond donors (Lipinski definition) is 0. The third-order valence-corrected chi connectivity index (χ3v) is 4.63. The summed E-state index contributed by atoms with van der Waals surface area (Å²) >= 11 is 1.45. The zero-order valence-electron chi connectivity index (χ0n) is 14.2. The number of thioether (sulfide) groups is 1. The van der Waals surface area contributed by atoms with E-state index >= 15 is 0 Å². The summed E-state index contributed by atoms with van der Waals surface area (Å²) in [5.41, 5.74) is 0.992. The Hall–Kier alpha value is -1.75. The molecule has 1 heterocycles. The van der Waals surface area contributed by atoms with Gasteiger partial charge in [0.25, 0.3) is 5.91 Å². The predicted octanol–water partition coefficient (Wildman–Crippen LogP) is 4.18. The fourth-order valence-electron chi connectivity index (χ4n) is 2.15. The summed E-state index contributed by atoms with van der Waals surface area (Å²) in [4.78, 5) is 19.2. The number of amides is 1. The van der Waals surface area contributed by atoms with E-state index in [-0.39, 0.29) is 12.0 Å². The Kier molecular flexibility index (Phi) is 6.28. The summed E-state index contributed by atoms with van der Waals surface area (Å²) < 4.78 is 5.77. The highest BCUT2D eigenvalue weighted by Gasteiger charge is 2.31. The number of rotatable bonds is 6. The number of hydrogen-bond acceptors (Lipinski definition) is 4. The van der Waals surface area contributed by atoms with Gasteiger partial charge in [-0.25, -0.2) is 0 Å². The number of carbonyl (C=O) groups excluding carboxylic acids is 1. The molecule has 0 bridgehead atoms. The quantitative estimate of drug-likeness (QED) is 0.734. The molecule has 4 nitrogen and oxygen atoms in total. The summed E-state index contributed by atoms with van der Waals surface area (Å²) in [7, 11) is 0. The number of benzene rings is 1. The van der Waals surface area contributed by atoms with Crippen molar-refractivity contribution in [1.82, 2.24) is 4.90 Å². The molecule has 0 aliphatic carbocycles. The van der Waals surface area contributed by atoms with Crippen molar-refractivity contribution >= 4 is 28.9 Å². The minimum absolute atomic E-state index is 0.0321. The molecule has 0 spiro atoms. The molecule has 0 radical (unpaired) electrons. The normalized spacial score (nSPS) is 19.7.